The van der Waals surface area contributed by atoms with Gasteiger partial charge in [0.1, 0.15) is 22.3 Å². The third kappa shape index (κ3) is 6.08. The number of carbonyl (C=O) groups excluding carboxylic acids is 1. The Morgan fingerprint density at radius 2 is 1.36 bits per heavy atom. The van der Waals surface area contributed by atoms with Crippen LogP contribution in [0.3, 0.4) is 0 Å². The van der Waals surface area contributed by atoms with E-state index in [4.69, 9.17) is 15.8 Å². The minimum Gasteiger partial charge on any atom is -0.379 e. The van der Waals surface area contributed by atoms with E-state index in [0.717, 1.165) is 24.3 Å². The van der Waals surface area contributed by atoms with E-state index in [1.165, 1.54) is 23.1 Å². The van der Waals surface area contributed by atoms with Crippen molar-refractivity contribution < 1.29 is 26.2 Å². The quantitative estimate of drug-likeness (QED) is 0.255. The van der Waals surface area contributed by atoms with E-state index in [2.05, 4.69) is 0 Å². The van der Waals surface area contributed by atoms with E-state index >= 15 is 0 Å². The van der Waals surface area contributed by atoms with E-state index in [1.54, 1.807) is 54.6 Å². The van der Waals surface area contributed by atoms with Crippen molar-refractivity contribution in [2.75, 3.05) is 0 Å². The molecule has 0 unspecified atom stereocenters. The predicted octanol–water partition coefficient (Wildman–Crippen LogP) is 6.23. The van der Waals surface area contributed by atoms with Gasteiger partial charge in [-0.1, -0.05) is 54.1 Å². The Bertz CT molecular complexity index is 1480. The molecule has 0 aliphatic rings. The maximum atomic E-state index is 13.5. The van der Waals surface area contributed by atoms with Crippen LogP contribution in [0.5, 0.6) is 5.75 Å². The fourth-order valence-electron chi connectivity index (χ4n) is 3.50. The molecule has 0 heterocycles. The van der Waals surface area contributed by atoms with Crippen LogP contribution in [0.25, 0.3) is 0 Å². The van der Waals surface area contributed by atoms with Gasteiger partial charge in [-0.3, -0.25) is 4.79 Å². The van der Waals surface area contributed by atoms with Gasteiger partial charge in [0.25, 0.3) is 5.91 Å². The van der Waals surface area contributed by atoms with Gasteiger partial charge in [0.05, 0.1) is 17.1 Å². The number of amides is 1. The second-order valence-electron chi connectivity index (χ2n) is 7.87. The molecule has 0 radical (unpaired) electrons. The summed E-state index contributed by atoms with van der Waals surface area (Å²) in [6, 6.07) is 22.9. The maximum Gasteiger partial charge on any atom is 0.339 e. The van der Waals surface area contributed by atoms with Crippen LogP contribution in [0.4, 0.5) is 8.78 Å². The predicted molar refractivity (Wildman–Crippen MR) is 132 cm³/mol. The molecule has 0 aromatic heterocycles. The Morgan fingerprint density at radius 1 is 0.778 bits per heavy atom. The molecule has 0 atom stereocenters. The summed E-state index contributed by atoms with van der Waals surface area (Å²) in [5.41, 5.74) is 1.33. The van der Waals surface area contributed by atoms with Crippen molar-refractivity contribution in [3.63, 3.8) is 0 Å². The fraction of sp³-hybridized carbons (Fsp3) is 0.0741. The average Bonchev–Trinajstić information content (AvgIpc) is 2.86. The van der Waals surface area contributed by atoms with E-state index < -0.39 is 27.7 Å². The van der Waals surface area contributed by atoms with Gasteiger partial charge >= 0.3 is 10.1 Å². The fourth-order valence-corrected chi connectivity index (χ4v) is 4.68. The van der Waals surface area contributed by atoms with Crippen LogP contribution in [0.1, 0.15) is 21.5 Å². The Balaban J connectivity index is 1.67. The second-order valence-corrected chi connectivity index (χ2v) is 9.82. The topological polar surface area (TPSA) is 63.7 Å². The molecule has 4 aromatic carbocycles. The number of hydrogen-bond acceptors (Lipinski definition) is 4. The first-order chi connectivity index (χ1) is 17.2. The average molecular weight is 528 g/mol. The first-order valence-corrected chi connectivity index (χ1v) is 12.6. The van der Waals surface area contributed by atoms with Gasteiger partial charge in [-0.15, -0.1) is 0 Å². The summed E-state index contributed by atoms with van der Waals surface area (Å²) in [6.07, 6.45) is 0. The number of halogens is 3. The largest absolute Gasteiger partial charge is 0.379 e. The van der Waals surface area contributed by atoms with Crippen LogP contribution < -0.4 is 4.18 Å². The molecule has 4 rings (SSSR count). The highest BCUT2D eigenvalue weighted by molar-refractivity contribution is 7.87. The lowest BCUT2D eigenvalue weighted by Crippen LogP contribution is -2.30. The van der Waals surface area contributed by atoms with Crippen molar-refractivity contribution in [1.82, 2.24) is 4.90 Å². The number of hydrogen-bond donors (Lipinski definition) is 0. The Morgan fingerprint density at radius 3 is 2.03 bits per heavy atom. The van der Waals surface area contributed by atoms with E-state index in [0.29, 0.717) is 11.1 Å². The maximum absolute atomic E-state index is 13.5. The number of benzene rings is 4. The molecule has 0 N–H and O–H groups in total. The van der Waals surface area contributed by atoms with Crippen molar-refractivity contribution >= 4 is 27.6 Å². The van der Waals surface area contributed by atoms with Crippen molar-refractivity contribution in [3.8, 4) is 5.75 Å². The van der Waals surface area contributed by atoms with E-state index in [9.17, 15) is 22.0 Å². The van der Waals surface area contributed by atoms with E-state index in [1.807, 2.05) is 0 Å². The molecule has 0 fully saturated rings. The van der Waals surface area contributed by atoms with Crippen LogP contribution >= 0.6 is 11.6 Å². The molecular weight excluding hydrogens is 508 g/mol. The summed E-state index contributed by atoms with van der Waals surface area (Å²) in [6.45, 7) is 0.0694. The second kappa shape index (κ2) is 10.9. The highest BCUT2D eigenvalue weighted by Crippen LogP contribution is 2.27. The van der Waals surface area contributed by atoms with Crippen molar-refractivity contribution in [1.29, 1.82) is 0 Å². The molecular formula is C27H20ClF2NO4S. The molecule has 184 valence electrons. The molecule has 0 bridgehead atoms. The molecule has 36 heavy (non-hydrogen) atoms. The lowest BCUT2D eigenvalue weighted by atomic mass is 10.1. The summed E-state index contributed by atoms with van der Waals surface area (Å²) in [5.74, 6) is -1.38. The number of carbonyl (C=O) groups is 1. The Kier molecular flexibility index (Phi) is 7.67. The molecule has 0 spiro atoms. The molecule has 5 nitrogen and oxygen atoms in total. The lowest BCUT2D eigenvalue weighted by Gasteiger charge is -2.24. The number of nitrogens with zero attached hydrogens (tertiary/aromatic N) is 1. The summed E-state index contributed by atoms with van der Waals surface area (Å²) >= 11 is 6.26. The smallest absolute Gasteiger partial charge is 0.339 e. The molecule has 4 aromatic rings. The van der Waals surface area contributed by atoms with Gasteiger partial charge in [-0.05, 0) is 60.2 Å². The monoisotopic (exact) mass is 527 g/mol. The number of rotatable bonds is 8. The van der Waals surface area contributed by atoms with Crippen molar-refractivity contribution in [2.24, 2.45) is 0 Å². The highest BCUT2D eigenvalue weighted by Gasteiger charge is 2.23. The van der Waals surface area contributed by atoms with Crippen LogP contribution in [-0.2, 0) is 23.2 Å². The van der Waals surface area contributed by atoms with Crippen LogP contribution in [0.15, 0.2) is 102 Å². The third-order valence-corrected chi connectivity index (χ3v) is 6.89. The zero-order chi connectivity index (χ0) is 25.7. The normalized spacial score (nSPS) is 11.2. The van der Waals surface area contributed by atoms with Gasteiger partial charge < -0.3 is 9.08 Å². The number of para-hydroxylation sites is 1. The summed E-state index contributed by atoms with van der Waals surface area (Å²) in [5, 5.41) is 0.259. The third-order valence-electron chi connectivity index (χ3n) is 5.31. The van der Waals surface area contributed by atoms with Crippen LogP contribution in [-0.4, -0.2) is 19.2 Å². The summed E-state index contributed by atoms with van der Waals surface area (Å²) in [4.78, 5) is 14.7. The minimum atomic E-state index is -4.26. The molecule has 0 saturated heterocycles. The first kappa shape index (κ1) is 25.3. The molecule has 1 amide bonds. The standard InChI is InChI=1S/C27H20ClF2NO4S/c28-25-7-3-2-6-24(25)27(32)31(17-19-9-11-21(29)12-10-19)18-20-5-1-4-8-26(20)35-36(33,34)23-15-13-22(30)14-16-23/h1-16H,17-18H2. The summed E-state index contributed by atoms with van der Waals surface area (Å²) < 4.78 is 57.6. The molecule has 0 aliphatic carbocycles. The highest BCUT2D eigenvalue weighted by atomic mass is 35.5. The molecule has 0 saturated carbocycles. The van der Waals surface area contributed by atoms with E-state index in [-0.39, 0.29) is 34.3 Å². The minimum absolute atomic E-state index is 0.0119. The zero-order valence-corrected chi connectivity index (χ0v) is 20.3. The van der Waals surface area contributed by atoms with Gasteiger partial charge in [0, 0.05) is 12.1 Å². The molecule has 9 heteroatoms. The lowest BCUT2D eigenvalue weighted by molar-refractivity contribution is 0.0729. The SMILES string of the molecule is O=C(c1ccccc1Cl)N(Cc1ccc(F)cc1)Cc1ccccc1OS(=O)(=O)c1ccc(F)cc1. The van der Waals surface area contributed by atoms with Gasteiger partial charge in [-0.25, -0.2) is 8.78 Å². The Labute approximate surface area is 212 Å². The van der Waals surface area contributed by atoms with Crippen molar-refractivity contribution in [2.45, 2.75) is 18.0 Å². The molecule has 0 aliphatic heterocycles. The van der Waals surface area contributed by atoms with Crippen LogP contribution in [0.2, 0.25) is 5.02 Å². The van der Waals surface area contributed by atoms with Gasteiger partial charge in [0.2, 0.25) is 0 Å². The first-order valence-electron chi connectivity index (χ1n) is 10.8. The van der Waals surface area contributed by atoms with Crippen molar-refractivity contribution in [3.05, 3.63) is 130 Å². The Hall–Kier alpha value is -3.75. The zero-order valence-electron chi connectivity index (χ0n) is 18.8. The van der Waals surface area contributed by atoms with Crippen LogP contribution in [0, 0.1) is 11.6 Å². The summed E-state index contributed by atoms with van der Waals surface area (Å²) in [7, 11) is -4.26. The van der Waals surface area contributed by atoms with Gasteiger partial charge in [-0.2, -0.15) is 8.42 Å². The van der Waals surface area contributed by atoms with Gasteiger partial charge in [0.15, 0.2) is 0 Å².